The topological polar surface area (TPSA) is 86.9 Å². The first-order valence-electron chi connectivity index (χ1n) is 9.77. The highest BCUT2D eigenvalue weighted by atomic mass is 19.1. The van der Waals surface area contributed by atoms with Crippen LogP contribution in [0.25, 0.3) is 0 Å². The first kappa shape index (κ1) is 22.3. The van der Waals surface area contributed by atoms with E-state index in [0.29, 0.717) is 0 Å². The van der Waals surface area contributed by atoms with E-state index >= 15 is 0 Å². The second-order valence-corrected chi connectivity index (χ2v) is 6.46. The van der Waals surface area contributed by atoms with Crippen LogP contribution in [-0.2, 0) is 0 Å². The Balaban J connectivity index is 0.000000171. The number of nitrogens with zero attached hydrogens (tertiary/aromatic N) is 3. The van der Waals surface area contributed by atoms with Crippen LogP contribution in [0.15, 0.2) is 48.5 Å². The van der Waals surface area contributed by atoms with Gasteiger partial charge < -0.3 is 20.9 Å². The third-order valence-corrected chi connectivity index (χ3v) is 4.43. The standard InChI is InChI=1S/C11H13N3.C7H4FN.C4H10N2/c12-9-10-3-1-2-4-11(10)14-7-5-13-6-8-14;8-7-4-2-1-3-6(7)5-9;1-2-6-4-3-5-1/h1-4,13H,5-8H2;1-4H;5-6H,1-4H2. The van der Waals surface area contributed by atoms with Gasteiger partial charge in [0.25, 0.3) is 0 Å². The number of para-hydroxylation sites is 1. The van der Waals surface area contributed by atoms with Crippen molar-refractivity contribution in [3.63, 3.8) is 0 Å². The molecule has 0 spiro atoms. The van der Waals surface area contributed by atoms with Crippen molar-refractivity contribution < 1.29 is 4.39 Å². The number of nitriles is 2. The van der Waals surface area contributed by atoms with E-state index in [1.165, 1.54) is 12.1 Å². The number of benzene rings is 2. The molecular weight excluding hydrogens is 367 g/mol. The average Bonchev–Trinajstić information content (AvgIpc) is 2.82. The Morgan fingerprint density at radius 2 is 1.17 bits per heavy atom. The number of halogens is 1. The summed E-state index contributed by atoms with van der Waals surface area (Å²) in [5.41, 5.74) is 1.93. The van der Waals surface area contributed by atoms with E-state index in [9.17, 15) is 4.39 Å². The number of piperazine rings is 2. The van der Waals surface area contributed by atoms with Gasteiger partial charge in [-0.25, -0.2) is 4.39 Å². The van der Waals surface area contributed by atoms with Crippen molar-refractivity contribution in [1.82, 2.24) is 16.0 Å². The van der Waals surface area contributed by atoms with E-state index in [0.717, 1.165) is 63.6 Å². The van der Waals surface area contributed by atoms with Crippen molar-refractivity contribution in [3.05, 3.63) is 65.5 Å². The van der Waals surface area contributed by atoms with Gasteiger partial charge in [0, 0.05) is 52.4 Å². The van der Waals surface area contributed by atoms with Crippen LogP contribution in [0.2, 0.25) is 0 Å². The molecule has 152 valence electrons. The van der Waals surface area contributed by atoms with Crippen molar-refractivity contribution in [2.24, 2.45) is 0 Å². The fourth-order valence-electron chi connectivity index (χ4n) is 2.91. The normalized spacial score (nSPS) is 15.5. The average molecular weight is 394 g/mol. The Hall–Kier alpha value is -2.97. The minimum atomic E-state index is -0.458. The molecule has 0 radical (unpaired) electrons. The predicted octanol–water partition coefficient (Wildman–Crippen LogP) is 1.84. The van der Waals surface area contributed by atoms with Gasteiger partial charge in [-0.3, -0.25) is 0 Å². The highest BCUT2D eigenvalue weighted by Gasteiger charge is 2.12. The summed E-state index contributed by atoms with van der Waals surface area (Å²) in [5, 5.41) is 26.9. The fraction of sp³-hybridized carbons (Fsp3) is 0.364. The molecular formula is C22H27FN6. The van der Waals surface area contributed by atoms with E-state index in [-0.39, 0.29) is 5.56 Å². The number of nitrogens with one attached hydrogen (secondary N) is 3. The first-order chi connectivity index (χ1) is 14.3. The van der Waals surface area contributed by atoms with Gasteiger partial charge in [-0.15, -0.1) is 0 Å². The molecule has 2 aliphatic rings. The molecule has 0 amide bonds. The van der Waals surface area contributed by atoms with Crippen LogP contribution in [0.3, 0.4) is 0 Å². The molecule has 6 nitrogen and oxygen atoms in total. The Kier molecular flexibility index (Phi) is 10.2. The van der Waals surface area contributed by atoms with Crippen LogP contribution < -0.4 is 20.9 Å². The van der Waals surface area contributed by atoms with Gasteiger partial charge in [0.05, 0.1) is 16.8 Å². The molecule has 0 unspecified atom stereocenters. The molecule has 0 atom stereocenters. The molecule has 2 saturated heterocycles. The maximum Gasteiger partial charge on any atom is 0.140 e. The predicted molar refractivity (Wildman–Crippen MR) is 113 cm³/mol. The van der Waals surface area contributed by atoms with Crippen molar-refractivity contribution in [2.45, 2.75) is 0 Å². The van der Waals surface area contributed by atoms with Crippen LogP contribution in [0.5, 0.6) is 0 Å². The SMILES string of the molecule is C1CNCCN1.N#Cc1ccccc1F.N#Cc1ccccc1N1CCNCC1. The molecule has 0 saturated carbocycles. The van der Waals surface area contributed by atoms with Gasteiger partial charge in [-0.2, -0.15) is 10.5 Å². The molecule has 0 aliphatic carbocycles. The van der Waals surface area contributed by atoms with Crippen molar-refractivity contribution in [1.29, 1.82) is 10.5 Å². The third kappa shape index (κ3) is 7.89. The Morgan fingerprint density at radius 1 is 0.690 bits per heavy atom. The quantitative estimate of drug-likeness (QED) is 0.684. The van der Waals surface area contributed by atoms with Crippen LogP contribution in [0.1, 0.15) is 11.1 Å². The molecule has 29 heavy (non-hydrogen) atoms. The molecule has 4 rings (SSSR count). The third-order valence-electron chi connectivity index (χ3n) is 4.43. The molecule has 2 aromatic rings. The summed E-state index contributed by atoms with van der Waals surface area (Å²) in [6.45, 7) is 8.52. The lowest BCUT2D eigenvalue weighted by Crippen LogP contribution is -2.43. The summed E-state index contributed by atoms with van der Waals surface area (Å²) in [6.07, 6.45) is 0. The minimum absolute atomic E-state index is 0.0949. The summed E-state index contributed by atoms with van der Waals surface area (Å²) in [6, 6.07) is 17.6. The van der Waals surface area contributed by atoms with Crippen molar-refractivity contribution in [2.75, 3.05) is 57.3 Å². The van der Waals surface area contributed by atoms with E-state index in [1.807, 2.05) is 24.3 Å². The molecule has 7 heteroatoms. The largest absolute Gasteiger partial charge is 0.368 e. The molecule has 2 fully saturated rings. The number of rotatable bonds is 1. The van der Waals surface area contributed by atoms with Gasteiger partial charge in [-0.05, 0) is 24.3 Å². The highest BCUT2D eigenvalue weighted by molar-refractivity contribution is 5.59. The lowest BCUT2D eigenvalue weighted by molar-refractivity contribution is 0.534. The zero-order chi connectivity index (χ0) is 20.7. The Bertz CT molecular complexity index is 805. The summed E-state index contributed by atoms with van der Waals surface area (Å²) in [7, 11) is 0. The molecule has 0 aromatic heterocycles. The van der Waals surface area contributed by atoms with Gasteiger partial charge in [0.1, 0.15) is 18.0 Å². The second kappa shape index (κ2) is 13.2. The van der Waals surface area contributed by atoms with E-state index in [4.69, 9.17) is 10.5 Å². The van der Waals surface area contributed by atoms with Gasteiger partial charge in [0.15, 0.2) is 0 Å². The molecule has 2 heterocycles. The monoisotopic (exact) mass is 394 g/mol. The zero-order valence-corrected chi connectivity index (χ0v) is 16.5. The summed E-state index contributed by atoms with van der Waals surface area (Å²) in [5.74, 6) is -0.458. The number of hydrogen-bond acceptors (Lipinski definition) is 6. The smallest absolute Gasteiger partial charge is 0.140 e. The zero-order valence-electron chi connectivity index (χ0n) is 16.5. The summed E-state index contributed by atoms with van der Waals surface area (Å²) >= 11 is 0. The Morgan fingerprint density at radius 3 is 1.66 bits per heavy atom. The molecule has 0 bridgehead atoms. The van der Waals surface area contributed by atoms with Gasteiger partial charge in [-0.1, -0.05) is 24.3 Å². The molecule has 3 N–H and O–H groups in total. The maximum atomic E-state index is 12.4. The molecule has 2 aromatic carbocycles. The molecule has 2 aliphatic heterocycles. The number of hydrogen-bond donors (Lipinski definition) is 3. The van der Waals surface area contributed by atoms with Gasteiger partial charge >= 0.3 is 0 Å². The van der Waals surface area contributed by atoms with Crippen molar-refractivity contribution in [3.8, 4) is 12.1 Å². The van der Waals surface area contributed by atoms with E-state index in [2.05, 4.69) is 26.9 Å². The van der Waals surface area contributed by atoms with Crippen LogP contribution in [-0.4, -0.2) is 52.4 Å². The lowest BCUT2D eigenvalue weighted by Gasteiger charge is -2.29. The number of anilines is 1. The van der Waals surface area contributed by atoms with E-state index in [1.54, 1.807) is 18.2 Å². The lowest BCUT2D eigenvalue weighted by atomic mass is 10.1. The highest BCUT2D eigenvalue weighted by Crippen LogP contribution is 2.19. The van der Waals surface area contributed by atoms with E-state index < -0.39 is 5.82 Å². The second-order valence-electron chi connectivity index (χ2n) is 6.46. The Labute approximate surface area is 171 Å². The van der Waals surface area contributed by atoms with Crippen LogP contribution >= 0.6 is 0 Å². The summed E-state index contributed by atoms with van der Waals surface area (Å²) < 4.78 is 12.4. The maximum absolute atomic E-state index is 12.4. The van der Waals surface area contributed by atoms with Crippen LogP contribution in [0, 0.1) is 28.5 Å². The summed E-state index contributed by atoms with van der Waals surface area (Å²) in [4.78, 5) is 2.26. The first-order valence-corrected chi connectivity index (χ1v) is 9.77. The van der Waals surface area contributed by atoms with Gasteiger partial charge in [0.2, 0.25) is 0 Å². The fourth-order valence-corrected chi connectivity index (χ4v) is 2.91. The minimum Gasteiger partial charge on any atom is -0.368 e. The van der Waals surface area contributed by atoms with Crippen molar-refractivity contribution >= 4 is 5.69 Å². The van der Waals surface area contributed by atoms with Crippen LogP contribution in [0.4, 0.5) is 10.1 Å².